The number of benzene rings is 2. The highest BCUT2D eigenvalue weighted by Crippen LogP contribution is 2.42. The van der Waals surface area contributed by atoms with Crippen molar-refractivity contribution in [1.82, 2.24) is 0 Å². The summed E-state index contributed by atoms with van der Waals surface area (Å²) >= 11 is 3.42. The first-order valence-corrected chi connectivity index (χ1v) is 8.25. The van der Waals surface area contributed by atoms with Gasteiger partial charge >= 0.3 is 0 Å². The Hall–Kier alpha value is -2.51. The predicted octanol–water partition coefficient (Wildman–Crippen LogP) is 3.80. The van der Waals surface area contributed by atoms with Crippen LogP contribution in [0.1, 0.15) is 5.56 Å². The van der Waals surface area contributed by atoms with Gasteiger partial charge in [0.25, 0.3) is 0 Å². The lowest BCUT2D eigenvalue weighted by Gasteiger charge is -2.21. The fraction of sp³-hybridized carbons (Fsp3) is 0.167. The van der Waals surface area contributed by atoms with Crippen LogP contribution in [-0.4, -0.2) is 19.0 Å². The van der Waals surface area contributed by atoms with Gasteiger partial charge in [0.15, 0.2) is 12.6 Å². The van der Waals surface area contributed by atoms with E-state index in [4.69, 9.17) is 18.6 Å². The first-order chi connectivity index (χ1) is 12.1. The Bertz CT molecular complexity index is 1040. The molecule has 0 unspecified atom stereocenters. The van der Waals surface area contributed by atoms with E-state index in [2.05, 4.69) is 15.9 Å². The maximum atomic E-state index is 12.6. The van der Waals surface area contributed by atoms with Gasteiger partial charge in [0.05, 0.1) is 24.7 Å². The van der Waals surface area contributed by atoms with E-state index in [9.17, 15) is 9.90 Å². The van der Waals surface area contributed by atoms with Crippen molar-refractivity contribution in [3.8, 4) is 28.6 Å². The third kappa shape index (κ3) is 2.65. The number of hydrogen-bond acceptors (Lipinski definition) is 6. The average molecular weight is 405 g/mol. The summed E-state index contributed by atoms with van der Waals surface area (Å²) in [5.41, 5.74) is 1.10. The van der Waals surface area contributed by atoms with Crippen molar-refractivity contribution in [2.24, 2.45) is 0 Å². The highest BCUT2D eigenvalue weighted by atomic mass is 79.9. The van der Waals surface area contributed by atoms with Crippen LogP contribution in [0.25, 0.3) is 22.3 Å². The van der Waals surface area contributed by atoms with Gasteiger partial charge in [0.1, 0.15) is 17.1 Å². The summed E-state index contributed by atoms with van der Waals surface area (Å²) in [4.78, 5) is 12.6. The molecule has 1 aliphatic rings. The molecule has 2 heterocycles. The SMILES string of the molecule is COc1ccc2oc(-c3cc(Br)cc4c3OCOC4)c(O)c(=O)c2c1. The van der Waals surface area contributed by atoms with E-state index < -0.39 is 11.2 Å². The van der Waals surface area contributed by atoms with E-state index in [1.165, 1.54) is 13.2 Å². The van der Waals surface area contributed by atoms with Crippen molar-refractivity contribution in [2.45, 2.75) is 6.61 Å². The monoisotopic (exact) mass is 404 g/mol. The van der Waals surface area contributed by atoms with E-state index in [1.807, 2.05) is 6.07 Å². The van der Waals surface area contributed by atoms with Crippen LogP contribution in [0.4, 0.5) is 0 Å². The number of rotatable bonds is 2. The zero-order chi connectivity index (χ0) is 17.6. The van der Waals surface area contributed by atoms with Crippen molar-refractivity contribution in [2.75, 3.05) is 13.9 Å². The Kier molecular flexibility index (Phi) is 3.89. The Morgan fingerprint density at radius 2 is 2.08 bits per heavy atom. The molecule has 6 nitrogen and oxygen atoms in total. The molecule has 0 saturated carbocycles. The molecule has 25 heavy (non-hydrogen) atoms. The Morgan fingerprint density at radius 3 is 2.88 bits per heavy atom. The minimum absolute atomic E-state index is 0.0575. The largest absolute Gasteiger partial charge is 0.502 e. The van der Waals surface area contributed by atoms with E-state index in [-0.39, 0.29) is 17.9 Å². The third-order valence-electron chi connectivity index (χ3n) is 3.99. The number of ether oxygens (including phenoxy) is 3. The summed E-state index contributed by atoms with van der Waals surface area (Å²) < 4.78 is 22.6. The van der Waals surface area contributed by atoms with Crippen molar-refractivity contribution >= 4 is 26.9 Å². The van der Waals surface area contributed by atoms with Gasteiger partial charge in [-0.25, -0.2) is 0 Å². The highest BCUT2D eigenvalue weighted by Gasteiger charge is 2.23. The summed E-state index contributed by atoms with van der Waals surface area (Å²) in [7, 11) is 1.50. The van der Waals surface area contributed by atoms with E-state index in [0.29, 0.717) is 29.3 Å². The standard InChI is InChI=1S/C18H13BrO6/c1-22-11-2-3-14-12(6-11)15(20)16(21)18(25-14)13-5-10(19)4-9-7-23-8-24-17(9)13/h2-6,21H,7-8H2,1H3. The number of halogens is 1. The van der Waals surface area contributed by atoms with Gasteiger partial charge in [0.2, 0.25) is 11.2 Å². The van der Waals surface area contributed by atoms with Crippen LogP contribution < -0.4 is 14.9 Å². The van der Waals surface area contributed by atoms with Crippen molar-refractivity contribution in [1.29, 1.82) is 0 Å². The maximum absolute atomic E-state index is 12.6. The normalized spacial score (nSPS) is 13.4. The fourth-order valence-corrected chi connectivity index (χ4v) is 3.33. The average Bonchev–Trinajstić information content (AvgIpc) is 2.63. The fourth-order valence-electron chi connectivity index (χ4n) is 2.82. The minimum Gasteiger partial charge on any atom is -0.502 e. The van der Waals surface area contributed by atoms with E-state index >= 15 is 0 Å². The molecule has 4 rings (SSSR count). The lowest BCUT2D eigenvalue weighted by molar-refractivity contribution is -0.0160. The lowest BCUT2D eigenvalue weighted by Crippen LogP contribution is -2.12. The van der Waals surface area contributed by atoms with Crippen molar-refractivity contribution < 1.29 is 23.7 Å². The van der Waals surface area contributed by atoms with Crippen LogP contribution in [0.2, 0.25) is 0 Å². The van der Waals surface area contributed by atoms with E-state index in [0.717, 1.165) is 10.0 Å². The zero-order valence-electron chi connectivity index (χ0n) is 13.2. The second-order valence-corrected chi connectivity index (χ2v) is 6.44. The molecule has 0 bridgehead atoms. The van der Waals surface area contributed by atoms with Gasteiger partial charge in [-0.15, -0.1) is 0 Å². The quantitative estimate of drug-likeness (QED) is 0.699. The molecule has 0 amide bonds. The molecule has 1 aliphatic heterocycles. The smallest absolute Gasteiger partial charge is 0.235 e. The molecule has 2 aromatic carbocycles. The van der Waals surface area contributed by atoms with Crippen LogP contribution in [0.15, 0.2) is 44.0 Å². The van der Waals surface area contributed by atoms with Crippen LogP contribution in [-0.2, 0) is 11.3 Å². The highest BCUT2D eigenvalue weighted by molar-refractivity contribution is 9.10. The summed E-state index contributed by atoms with van der Waals surface area (Å²) in [5.74, 6) is 0.617. The Balaban J connectivity index is 2.01. The second kappa shape index (κ2) is 6.09. The maximum Gasteiger partial charge on any atom is 0.235 e. The number of hydrogen-bond donors (Lipinski definition) is 1. The molecule has 1 N–H and O–H groups in total. The zero-order valence-corrected chi connectivity index (χ0v) is 14.8. The molecular formula is C18H13BrO6. The molecular weight excluding hydrogens is 392 g/mol. The van der Waals surface area contributed by atoms with Crippen LogP contribution in [0, 0.1) is 0 Å². The van der Waals surface area contributed by atoms with Crippen LogP contribution in [0.3, 0.4) is 0 Å². The predicted molar refractivity (Wildman–Crippen MR) is 94.1 cm³/mol. The van der Waals surface area contributed by atoms with Gasteiger partial charge in [-0.05, 0) is 30.3 Å². The van der Waals surface area contributed by atoms with Gasteiger partial charge < -0.3 is 23.7 Å². The molecule has 0 radical (unpaired) electrons. The minimum atomic E-state index is -0.532. The summed E-state index contributed by atoms with van der Waals surface area (Å²) in [6.07, 6.45) is 0. The van der Waals surface area contributed by atoms with Crippen LogP contribution in [0.5, 0.6) is 17.2 Å². The first kappa shape index (κ1) is 16.0. The summed E-state index contributed by atoms with van der Waals surface area (Å²) in [6.45, 7) is 0.467. The molecule has 0 spiro atoms. The molecule has 7 heteroatoms. The van der Waals surface area contributed by atoms with Gasteiger partial charge in [0, 0.05) is 10.0 Å². The van der Waals surface area contributed by atoms with E-state index in [1.54, 1.807) is 18.2 Å². The first-order valence-electron chi connectivity index (χ1n) is 7.45. The molecule has 128 valence electrons. The molecule has 0 aliphatic carbocycles. The number of aromatic hydroxyl groups is 1. The molecule has 0 fully saturated rings. The molecule has 0 saturated heterocycles. The molecule has 3 aromatic rings. The molecule has 1 aromatic heterocycles. The Morgan fingerprint density at radius 1 is 1.24 bits per heavy atom. The summed E-state index contributed by atoms with van der Waals surface area (Å²) in [5, 5.41) is 10.7. The third-order valence-corrected chi connectivity index (χ3v) is 4.45. The topological polar surface area (TPSA) is 78.1 Å². The Labute approximate surface area is 150 Å². The summed E-state index contributed by atoms with van der Waals surface area (Å²) in [6, 6.07) is 8.45. The van der Waals surface area contributed by atoms with Crippen LogP contribution >= 0.6 is 15.9 Å². The van der Waals surface area contributed by atoms with Crippen molar-refractivity contribution in [3.05, 3.63) is 50.6 Å². The number of methoxy groups -OCH3 is 1. The second-order valence-electron chi connectivity index (χ2n) is 5.52. The van der Waals surface area contributed by atoms with Gasteiger partial charge in [-0.3, -0.25) is 4.79 Å². The molecule has 0 atom stereocenters. The van der Waals surface area contributed by atoms with Gasteiger partial charge in [-0.1, -0.05) is 15.9 Å². The lowest BCUT2D eigenvalue weighted by atomic mass is 10.0. The van der Waals surface area contributed by atoms with Crippen molar-refractivity contribution in [3.63, 3.8) is 0 Å². The number of fused-ring (bicyclic) bond motifs is 2. The van der Waals surface area contributed by atoms with Gasteiger partial charge in [-0.2, -0.15) is 0 Å².